The van der Waals surface area contributed by atoms with Crippen LogP contribution in [0.1, 0.15) is 15.9 Å². The molecule has 5 heteroatoms. The molecule has 5 nitrogen and oxygen atoms in total. The van der Waals surface area contributed by atoms with E-state index in [0.29, 0.717) is 23.4 Å². The van der Waals surface area contributed by atoms with Crippen molar-refractivity contribution < 1.29 is 14.6 Å². The lowest BCUT2D eigenvalue weighted by Gasteiger charge is -2.14. The Kier molecular flexibility index (Phi) is 5.17. The number of imidazole rings is 1. The van der Waals surface area contributed by atoms with Crippen molar-refractivity contribution in [2.24, 2.45) is 0 Å². The van der Waals surface area contributed by atoms with Crippen molar-refractivity contribution in [3.8, 4) is 5.75 Å². The number of hydrogen-bond acceptors (Lipinski definition) is 4. The Labute approximate surface area is 162 Å². The number of ketones is 1. The van der Waals surface area contributed by atoms with Gasteiger partial charge in [-0.1, -0.05) is 42.5 Å². The van der Waals surface area contributed by atoms with Gasteiger partial charge in [0.2, 0.25) is 0 Å². The summed E-state index contributed by atoms with van der Waals surface area (Å²) in [5.41, 5.74) is 3.13. The summed E-state index contributed by atoms with van der Waals surface area (Å²) in [6, 6.07) is 23.9. The Morgan fingerprint density at radius 2 is 1.61 bits per heavy atom. The zero-order valence-corrected chi connectivity index (χ0v) is 15.2. The molecule has 0 aliphatic heterocycles. The van der Waals surface area contributed by atoms with Crippen LogP contribution in [0.4, 0.5) is 0 Å². The molecule has 4 aromatic rings. The molecule has 3 aromatic carbocycles. The number of carbonyl (C=O) groups is 1. The summed E-state index contributed by atoms with van der Waals surface area (Å²) in [4.78, 5) is 16.7. The third-order valence-electron chi connectivity index (χ3n) is 4.53. The zero-order valence-electron chi connectivity index (χ0n) is 15.2. The molecule has 0 aliphatic carbocycles. The van der Waals surface area contributed by atoms with Gasteiger partial charge in [0.1, 0.15) is 18.5 Å². The Hall–Kier alpha value is -3.44. The van der Waals surface area contributed by atoms with Crippen LogP contribution in [-0.4, -0.2) is 33.2 Å². The molecule has 28 heavy (non-hydrogen) atoms. The predicted octanol–water partition coefficient (Wildman–Crippen LogP) is 3.71. The number of nitrogens with zero attached hydrogens (tertiary/aromatic N) is 2. The zero-order chi connectivity index (χ0) is 19.3. The van der Waals surface area contributed by atoms with E-state index in [4.69, 9.17) is 4.74 Å². The van der Waals surface area contributed by atoms with E-state index in [2.05, 4.69) is 4.98 Å². The fraction of sp³-hybridized carbons (Fsp3) is 0.130. The highest BCUT2D eigenvalue weighted by molar-refractivity contribution is 6.08. The highest BCUT2D eigenvalue weighted by Crippen LogP contribution is 2.17. The van der Waals surface area contributed by atoms with E-state index in [1.807, 2.05) is 47.0 Å². The first-order valence-electron chi connectivity index (χ1n) is 9.11. The van der Waals surface area contributed by atoms with Crippen molar-refractivity contribution in [1.82, 2.24) is 9.55 Å². The molecule has 0 fully saturated rings. The Balaban J connectivity index is 1.35. The lowest BCUT2D eigenvalue weighted by atomic mass is 10.0. The van der Waals surface area contributed by atoms with Gasteiger partial charge in [0.15, 0.2) is 5.78 Å². The fourth-order valence-corrected chi connectivity index (χ4v) is 3.09. The van der Waals surface area contributed by atoms with Crippen molar-refractivity contribution >= 4 is 16.8 Å². The molecule has 1 heterocycles. The Bertz CT molecular complexity index is 1070. The maximum atomic E-state index is 12.4. The number of aliphatic hydroxyl groups is 1. The van der Waals surface area contributed by atoms with Crippen molar-refractivity contribution in [1.29, 1.82) is 0 Å². The summed E-state index contributed by atoms with van der Waals surface area (Å²) in [5.74, 6) is 0.582. The van der Waals surface area contributed by atoms with Gasteiger partial charge < -0.3 is 14.4 Å². The molecule has 0 amide bonds. The number of rotatable bonds is 7. The summed E-state index contributed by atoms with van der Waals surface area (Å²) in [5, 5.41) is 10.3. The third-order valence-corrected chi connectivity index (χ3v) is 4.53. The van der Waals surface area contributed by atoms with Gasteiger partial charge in [-0.05, 0) is 36.4 Å². The molecule has 140 valence electrons. The molecule has 0 saturated heterocycles. The van der Waals surface area contributed by atoms with Gasteiger partial charge in [0.05, 0.1) is 23.9 Å². The largest absolute Gasteiger partial charge is 0.491 e. The number of hydrogen-bond donors (Lipinski definition) is 1. The average molecular weight is 372 g/mol. The standard InChI is InChI=1S/C23H20N2O3/c26-19(14-25-16-24-21-8-4-5-9-22(21)25)15-28-20-12-10-18(11-13-20)23(27)17-6-2-1-3-7-17/h1-13,16,19,26H,14-15H2. The highest BCUT2D eigenvalue weighted by atomic mass is 16.5. The molecule has 4 rings (SSSR count). The van der Waals surface area contributed by atoms with Gasteiger partial charge in [0, 0.05) is 11.1 Å². The molecule has 0 radical (unpaired) electrons. The SMILES string of the molecule is O=C(c1ccccc1)c1ccc(OCC(O)Cn2cnc3ccccc32)cc1. The highest BCUT2D eigenvalue weighted by Gasteiger charge is 2.11. The van der Waals surface area contributed by atoms with Crippen LogP contribution in [-0.2, 0) is 6.54 Å². The second kappa shape index (κ2) is 8.06. The smallest absolute Gasteiger partial charge is 0.193 e. The van der Waals surface area contributed by atoms with Crippen molar-refractivity contribution in [2.75, 3.05) is 6.61 Å². The van der Waals surface area contributed by atoms with Crippen LogP contribution in [0.2, 0.25) is 0 Å². The van der Waals surface area contributed by atoms with Gasteiger partial charge >= 0.3 is 0 Å². The van der Waals surface area contributed by atoms with Gasteiger partial charge in [-0.15, -0.1) is 0 Å². The summed E-state index contributed by atoms with van der Waals surface area (Å²) >= 11 is 0. The first-order valence-corrected chi connectivity index (χ1v) is 9.11. The molecule has 0 spiro atoms. The normalized spacial score (nSPS) is 12.0. The average Bonchev–Trinajstić information content (AvgIpc) is 3.15. The minimum Gasteiger partial charge on any atom is -0.491 e. The van der Waals surface area contributed by atoms with Crippen molar-refractivity contribution in [3.63, 3.8) is 0 Å². The molecule has 0 saturated carbocycles. The van der Waals surface area contributed by atoms with E-state index in [-0.39, 0.29) is 12.4 Å². The predicted molar refractivity (Wildman–Crippen MR) is 108 cm³/mol. The van der Waals surface area contributed by atoms with Gasteiger partial charge in [-0.25, -0.2) is 4.98 Å². The topological polar surface area (TPSA) is 64.3 Å². The van der Waals surface area contributed by atoms with Crippen LogP contribution in [0.25, 0.3) is 11.0 Å². The quantitative estimate of drug-likeness (QED) is 0.502. The minimum absolute atomic E-state index is 0.0285. The first kappa shape index (κ1) is 17.9. The third kappa shape index (κ3) is 3.94. The molecule has 1 atom stereocenters. The second-order valence-electron chi connectivity index (χ2n) is 6.57. The second-order valence-corrected chi connectivity index (χ2v) is 6.57. The summed E-state index contributed by atoms with van der Waals surface area (Å²) in [7, 11) is 0. The maximum Gasteiger partial charge on any atom is 0.193 e. The number of para-hydroxylation sites is 2. The van der Waals surface area contributed by atoms with Crippen LogP contribution >= 0.6 is 0 Å². The van der Waals surface area contributed by atoms with Crippen LogP contribution < -0.4 is 4.74 Å². The van der Waals surface area contributed by atoms with Crippen LogP contribution in [0.3, 0.4) is 0 Å². The van der Waals surface area contributed by atoms with E-state index in [9.17, 15) is 9.90 Å². The molecular weight excluding hydrogens is 352 g/mol. The van der Waals surface area contributed by atoms with Gasteiger partial charge in [-0.2, -0.15) is 0 Å². The number of aromatic nitrogens is 2. The number of aliphatic hydroxyl groups excluding tert-OH is 1. The number of carbonyl (C=O) groups excluding carboxylic acids is 1. The van der Waals surface area contributed by atoms with E-state index in [1.54, 1.807) is 42.7 Å². The molecule has 1 unspecified atom stereocenters. The molecule has 1 N–H and O–H groups in total. The van der Waals surface area contributed by atoms with Gasteiger partial charge in [0.25, 0.3) is 0 Å². The molecular formula is C23H20N2O3. The molecule has 0 aliphatic rings. The Morgan fingerprint density at radius 3 is 2.39 bits per heavy atom. The van der Waals surface area contributed by atoms with E-state index < -0.39 is 6.10 Å². The first-order chi connectivity index (χ1) is 13.7. The monoisotopic (exact) mass is 372 g/mol. The van der Waals surface area contributed by atoms with E-state index >= 15 is 0 Å². The van der Waals surface area contributed by atoms with Crippen LogP contribution in [0.5, 0.6) is 5.75 Å². The van der Waals surface area contributed by atoms with E-state index in [1.165, 1.54) is 0 Å². The van der Waals surface area contributed by atoms with E-state index in [0.717, 1.165) is 11.0 Å². The fourth-order valence-electron chi connectivity index (χ4n) is 3.09. The lowest BCUT2D eigenvalue weighted by Crippen LogP contribution is -2.23. The van der Waals surface area contributed by atoms with Crippen molar-refractivity contribution in [3.05, 3.63) is 96.3 Å². The minimum atomic E-state index is -0.678. The number of benzene rings is 3. The molecule has 1 aromatic heterocycles. The lowest BCUT2D eigenvalue weighted by molar-refractivity contribution is 0.0933. The number of fused-ring (bicyclic) bond motifs is 1. The maximum absolute atomic E-state index is 12.4. The van der Waals surface area contributed by atoms with Gasteiger partial charge in [-0.3, -0.25) is 4.79 Å². The molecule has 0 bridgehead atoms. The van der Waals surface area contributed by atoms with Crippen LogP contribution in [0.15, 0.2) is 85.2 Å². The summed E-state index contributed by atoms with van der Waals surface area (Å²) in [6.07, 6.45) is 1.04. The Morgan fingerprint density at radius 1 is 0.929 bits per heavy atom. The van der Waals surface area contributed by atoms with Crippen molar-refractivity contribution in [2.45, 2.75) is 12.6 Å². The van der Waals surface area contributed by atoms with Crippen LogP contribution in [0, 0.1) is 0 Å². The number of ether oxygens (including phenoxy) is 1. The summed E-state index contributed by atoms with van der Waals surface area (Å²) in [6.45, 7) is 0.545. The summed E-state index contributed by atoms with van der Waals surface area (Å²) < 4.78 is 7.58.